The van der Waals surface area contributed by atoms with Gasteiger partial charge in [-0.1, -0.05) is 128 Å². The molecule has 0 aromatic heterocycles. The number of unbranched alkanes of at least 4 members (excludes halogenated alkanes) is 2. The van der Waals surface area contributed by atoms with E-state index in [0.717, 1.165) is 29.0 Å². The number of allylic oxidation sites excluding steroid dienone is 9. The van der Waals surface area contributed by atoms with Crippen LogP contribution in [0.1, 0.15) is 97.1 Å². The summed E-state index contributed by atoms with van der Waals surface area (Å²) in [4.78, 5) is 0. The Labute approximate surface area is 204 Å². The lowest BCUT2D eigenvalue weighted by molar-refractivity contribution is 0.409. The molecule has 1 aliphatic carbocycles. The van der Waals surface area contributed by atoms with Crippen LogP contribution in [0.3, 0.4) is 0 Å². The first-order chi connectivity index (χ1) is 16.0. The third-order valence-corrected chi connectivity index (χ3v) is 6.41. The van der Waals surface area contributed by atoms with Gasteiger partial charge >= 0.3 is 0 Å². The zero-order chi connectivity index (χ0) is 24.6. The SMILES string of the molecule is C=C/C=C(/C1=CC=C(CC(CCC)CCCCC)C(CC)C=C1)c1ccc(F)cc1C.CC. The van der Waals surface area contributed by atoms with Crippen LogP contribution in [0.15, 0.2) is 72.4 Å². The first-order valence-corrected chi connectivity index (χ1v) is 13.2. The van der Waals surface area contributed by atoms with Gasteiger partial charge in [0, 0.05) is 0 Å². The van der Waals surface area contributed by atoms with E-state index in [1.807, 2.05) is 39.0 Å². The van der Waals surface area contributed by atoms with Crippen molar-refractivity contribution in [3.05, 3.63) is 89.3 Å². The van der Waals surface area contributed by atoms with Gasteiger partial charge in [0.25, 0.3) is 0 Å². The summed E-state index contributed by atoms with van der Waals surface area (Å²) in [7, 11) is 0. The predicted octanol–water partition coefficient (Wildman–Crippen LogP) is 10.6. The predicted molar refractivity (Wildman–Crippen MR) is 147 cm³/mol. The Balaban J connectivity index is 0.00000265. The molecule has 0 N–H and O–H groups in total. The van der Waals surface area contributed by atoms with E-state index in [9.17, 15) is 4.39 Å². The standard InChI is InChI=1S/C30H41F.C2H6/c1-6-10-11-14-24(12-7-2)22-27-18-17-26(16-15-25(27)9-4)30(13-8-3)29-20-19-28(31)21-23(29)5;1-2/h8,13,15-21,24-25H,3,6-7,9-12,14,22H2,1-2,4-5H3;1-2H3/b30-13-;. The van der Waals surface area contributed by atoms with Crippen LogP contribution in [0.5, 0.6) is 0 Å². The van der Waals surface area contributed by atoms with Crippen molar-refractivity contribution in [1.82, 2.24) is 0 Å². The fourth-order valence-corrected chi connectivity index (χ4v) is 4.68. The molecule has 0 fully saturated rings. The van der Waals surface area contributed by atoms with Crippen molar-refractivity contribution in [3.8, 4) is 0 Å². The second-order valence-corrected chi connectivity index (χ2v) is 8.87. The second-order valence-electron chi connectivity index (χ2n) is 8.87. The molecule has 0 heterocycles. The molecular formula is C32H47F. The Kier molecular flexibility index (Phi) is 14.4. The van der Waals surface area contributed by atoms with Crippen LogP contribution in [0, 0.1) is 24.6 Å². The minimum absolute atomic E-state index is 0.192. The monoisotopic (exact) mass is 450 g/mol. The number of hydrogen-bond donors (Lipinski definition) is 0. The number of rotatable bonds is 12. The summed E-state index contributed by atoms with van der Waals surface area (Å²) < 4.78 is 13.7. The van der Waals surface area contributed by atoms with Crippen LogP contribution < -0.4 is 0 Å². The van der Waals surface area contributed by atoms with Gasteiger partial charge in [0.2, 0.25) is 0 Å². The highest BCUT2D eigenvalue weighted by atomic mass is 19.1. The third-order valence-electron chi connectivity index (χ3n) is 6.41. The lowest BCUT2D eigenvalue weighted by Crippen LogP contribution is -2.07. The van der Waals surface area contributed by atoms with Crippen molar-refractivity contribution in [2.24, 2.45) is 11.8 Å². The van der Waals surface area contributed by atoms with Crippen LogP contribution in [-0.2, 0) is 0 Å². The fraction of sp³-hybridized carbons (Fsp3) is 0.500. The molecule has 0 amide bonds. The lowest BCUT2D eigenvalue weighted by atomic mass is 9.84. The molecule has 0 saturated heterocycles. The molecule has 182 valence electrons. The van der Waals surface area contributed by atoms with Crippen molar-refractivity contribution in [1.29, 1.82) is 0 Å². The van der Waals surface area contributed by atoms with Gasteiger partial charge in [-0.3, -0.25) is 0 Å². The summed E-state index contributed by atoms with van der Waals surface area (Å²) >= 11 is 0. The summed E-state index contributed by atoms with van der Waals surface area (Å²) in [6.45, 7) is 16.8. The molecule has 1 aromatic rings. The molecule has 0 radical (unpaired) electrons. The van der Waals surface area contributed by atoms with Gasteiger partial charge in [0.05, 0.1) is 0 Å². The van der Waals surface area contributed by atoms with E-state index < -0.39 is 0 Å². The Hall–Kier alpha value is -2.15. The Bertz CT molecular complexity index is 834. The summed E-state index contributed by atoms with van der Waals surface area (Å²) in [5.41, 5.74) is 5.83. The number of benzene rings is 1. The summed E-state index contributed by atoms with van der Waals surface area (Å²) in [6, 6.07) is 5.03. The van der Waals surface area contributed by atoms with Crippen molar-refractivity contribution in [2.75, 3.05) is 0 Å². The molecule has 0 spiro atoms. The van der Waals surface area contributed by atoms with Gasteiger partial charge in [-0.2, -0.15) is 0 Å². The van der Waals surface area contributed by atoms with Crippen LogP contribution in [0.25, 0.3) is 5.57 Å². The maximum absolute atomic E-state index is 13.7. The third kappa shape index (κ3) is 9.32. The highest BCUT2D eigenvalue weighted by molar-refractivity contribution is 5.84. The molecule has 2 unspecified atom stereocenters. The number of aryl methyl sites for hydroxylation is 1. The topological polar surface area (TPSA) is 0 Å². The van der Waals surface area contributed by atoms with Gasteiger partial charge < -0.3 is 0 Å². The van der Waals surface area contributed by atoms with Gasteiger partial charge in [0.15, 0.2) is 0 Å². The van der Waals surface area contributed by atoms with Gasteiger partial charge in [-0.05, 0) is 66.0 Å². The van der Waals surface area contributed by atoms with E-state index in [2.05, 4.69) is 51.7 Å². The maximum Gasteiger partial charge on any atom is 0.123 e. The van der Waals surface area contributed by atoms with E-state index in [1.165, 1.54) is 50.5 Å². The molecule has 0 nitrogen and oxygen atoms in total. The molecule has 0 aliphatic heterocycles. The van der Waals surface area contributed by atoms with Gasteiger partial charge in [-0.25, -0.2) is 4.39 Å². The van der Waals surface area contributed by atoms with E-state index in [-0.39, 0.29) is 5.82 Å². The molecule has 33 heavy (non-hydrogen) atoms. The zero-order valence-electron chi connectivity index (χ0n) is 22.1. The molecule has 2 atom stereocenters. The van der Waals surface area contributed by atoms with Crippen molar-refractivity contribution >= 4 is 5.57 Å². The van der Waals surface area contributed by atoms with Gasteiger partial charge in [0.1, 0.15) is 5.82 Å². The van der Waals surface area contributed by atoms with E-state index >= 15 is 0 Å². The van der Waals surface area contributed by atoms with E-state index in [0.29, 0.717) is 5.92 Å². The minimum Gasteiger partial charge on any atom is -0.207 e. The molecular weight excluding hydrogens is 403 g/mol. The first kappa shape index (κ1) is 28.9. The second kappa shape index (κ2) is 16.5. The zero-order valence-corrected chi connectivity index (χ0v) is 22.1. The summed E-state index contributed by atoms with van der Waals surface area (Å²) in [5, 5.41) is 0. The van der Waals surface area contributed by atoms with Gasteiger partial charge in [-0.15, -0.1) is 0 Å². The molecule has 1 aromatic carbocycles. The van der Waals surface area contributed by atoms with Crippen molar-refractivity contribution < 1.29 is 4.39 Å². The Morgan fingerprint density at radius 2 is 1.82 bits per heavy atom. The summed E-state index contributed by atoms with van der Waals surface area (Å²) in [6.07, 6.45) is 23.3. The Morgan fingerprint density at radius 1 is 1.06 bits per heavy atom. The largest absolute Gasteiger partial charge is 0.207 e. The molecule has 0 saturated carbocycles. The maximum atomic E-state index is 13.7. The van der Waals surface area contributed by atoms with E-state index in [4.69, 9.17) is 0 Å². The normalized spacial score (nSPS) is 16.8. The number of hydrogen-bond acceptors (Lipinski definition) is 0. The lowest BCUT2D eigenvalue weighted by Gasteiger charge is -2.21. The van der Waals surface area contributed by atoms with Crippen molar-refractivity contribution in [2.45, 2.75) is 92.9 Å². The van der Waals surface area contributed by atoms with Crippen LogP contribution in [-0.4, -0.2) is 0 Å². The number of halogens is 1. The van der Waals surface area contributed by atoms with Crippen molar-refractivity contribution in [3.63, 3.8) is 0 Å². The van der Waals surface area contributed by atoms with Crippen LogP contribution >= 0.6 is 0 Å². The molecule has 0 bridgehead atoms. The average molecular weight is 451 g/mol. The Morgan fingerprint density at radius 3 is 2.42 bits per heavy atom. The first-order valence-electron chi connectivity index (χ1n) is 13.2. The van der Waals surface area contributed by atoms with Crippen LogP contribution in [0.2, 0.25) is 0 Å². The highest BCUT2D eigenvalue weighted by Gasteiger charge is 2.18. The molecule has 1 aliphatic rings. The minimum atomic E-state index is -0.192. The summed E-state index contributed by atoms with van der Waals surface area (Å²) in [5.74, 6) is 1.07. The van der Waals surface area contributed by atoms with E-state index in [1.54, 1.807) is 17.7 Å². The highest BCUT2D eigenvalue weighted by Crippen LogP contribution is 2.34. The molecule has 2 rings (SSSR count). The molecule has 1 heteroatoms. The fourth-order valence-electron chi connectivity index (χ4n) is 4.68. The smallest absolute Gasteiger partial charge is 0.123 e. The average Bonchev–Trinajstić information content (AvgIpc) is 3.01. The quantitative estimate of drug-likeness (QED) is 0.219. The van der Waals surface area contributed by atoms with Crippen LogP contribution in [0.4, 0.5) is 4.39 Å².